The fourth-order valence-corrected chi connectivity index (χ4v) is 9.63. The summed E-state index contributed by atoms with van der Waals surface area (Å²) in [6.45, 7) is 0. The zero-order valence-corrected chi connectivity index (χ0v) is 29.1. The summed E-state index contributed by atoms with van der Waals surface area (Å²) in [5.41, 5.74) is 9.96. The largest absolute Gasteiger partial charge is 0.455 e. The highest BCUT2D eigenvalue weighted by Gasteiger charge is 2.49. The van der Waals surface area contributed by atoms with Crippen LogP contribution in [-0.2, 0) is 5.41 Å². The summed E-state index contributed by atoms with van der Waals surface area (Å²) in [6.07, 6.45) is 0. The first-order chi connectivity index (χ1) is 24.1. The topological polar surface area (TPSA) is 26.3 Å². The Morgan fingerprint density at radius 3 is 1.29 bits per heavy atom. The zero-order chi connectivity index (χ0) is 32.4. The molecule has 2 heterocycles. The Morgan fingerprint density at radius 2 is 0.816 bits per heavy atom. The monoisotopic (exact) mass is 754 g/mol. The first-order valence-electron chi connectivity index (χ1n) is 16.4. The highest BCUT2D eigenvalue weighted by atomic mass is 79.9. The second-order valence-corrected chi connectivity index (χ2v) is 14.7. The number of benzene rings is 8. The highest BCUT2D eigenvalue weighted by Crippen LogP contribution is 2.63. The Bertz CT molecular complexity index is 2830. The first-order valence-corrected chi connectivity index (χ1v) is 18.0. The lowest BCUT2D eigenvalue weighted by Crippen LogP contribution is -2.28. The number of fused-ring (bicyclic) bond motifs is 13. The van der Waals surface area contributed by atoms with Crippen LogP contribution in [0.3, 0.4) is 0 Å². The molecule has 0 N–H and O–H groups in total. The standard InChI is InChI=1S/C45H24Br2O2/c46-35-23-33-41(39-31-13-5-7-15-37(31)48-43(35)39)42-34(24-36(47)44-40(42)32-14-6-8-16-38(32)49-44)45(33,29-19-17-25-9-1-3-11-27(25)21-29)30-20-18-26-10-2-4-12-28(26)22-30/h1-24H. The molecule has 11 rings (SSSR count). The van der Waals surface area contributed by atoms with Crippen molar-refractivity contribution in [3.05, 3.63) is 177 Å². The van der Waals surface area contributed by atoms with Crippen LogP contribution in [-0.4, -0.2) is 0 Å². The van der Waals surface area contributed by atoms with Crippen molar-refractivity contribution in [1.29, 1.82) is 0 Å². The summed E-state index contributed by atoms with van der Waals surface area (Å²) in [5.74, 6) is 0. The van der Waals surface area contributed by atoms with Gasteiger partial charge in [-0.25, -0.2) is 0 Å². The van der Waals surface area contributed by atoms with Gasteiger partial charge < -0.3 is 8.83 Å². The second kappa shape index (κ2) is 9.94. The van der Waals surface area contributed by atoms with Crippen LogP contribution in [0.15, 0.2) is 163 Å². The fraction of sp³-hybridized carbons (Fsp3) is 0.0222. The summed E-state index contributed by atoms with van der Waals surface area (Å²) >= 11 is 8.05. The summed E-state index contributed by atoms with van der Waals surface area (Å²) in [7, 11) is 0. The van der Waals surface area contributed by atoms with E-state index >= 15 is 0 Å². The van der Waals surface area contributed by atoms with Gasteiger partial charge in [-0.15, -0.1) is 0 Å². The lowest BCUT2D eigenvalue weighted by molar-refractivity contribution is 0.666. The average molecular weight is 756 g/mol. The maximum atomic E-state index is 6.64. The molecule has 8 aromatic carbocycles. The van der Waals surface area contributed by atoms with Gasteiger partial charge >= 0.3 is 0 Å². The minimum absolute atomic E-state index is 0.678. The predicted octanol–water partition coefficient (Wildman–Crippen LogP) is 13.7. The van der Waals surface area contributed by atoms with Crippen LogP contribution >= 0.6 is 31.9 Å². The van der Waals surface area contributed by atoms with Gasteiger partial charge in [0.05, 0.1) is 14.4 Å². The number of furan rings is 2. The minimum atomic E-state index is -0.678. The van der Waals surface area contributed by atoms with Crippen molar-refractivity contribution in [3.63, 3.8) is 0 Å². The Morgan fingerprint density at radius 1 is 0.408 bits per heavy atom. The smallest absolute Gasteiger partial charge is 0.150 e. The maximum absolute atomic E-state index is 6.64. The highest BCUT2D eigenvalue weighted by molar-refractivity contribution is 9.11. The Balaban J connectivity index is 1.44. The third-order valence-corrected chi connectivity index (χ3v) is 11.8. The van der Waals surface area contributed by atoms with E-state index in [2.05, 4.69) is 165 Å². The van der Waals surface area contributed by atoms with Crippen LogP contribution in [0.5, 0.6) is 0 Å². The predicted molar refractivity (Wildman–Crippen MR) is 209 cm³/mol. The molecule has 1 aliphatic carbocycles. The molecular formula is C45H24Br2O2. The minimum Gasteiger partial charge on any atom is -0.455 e. The van der Waals surface area contributed by atoms with E-state index in [1.165, 1.54) is 54.9 Å². The number of hydrogen-bond acceptors (Lipinski definition) is 2. The zero-order valence-electron chi connectivity index (χ0n) is 25.9. The third kappa shape index (κ3) is 3.60. The van der Waals surface area contributed by atoms with Gasteiger partial charge in [-0.3, -0.25) is 0 Å². The van der Waals surface area contributed by atoms with Gasteiger partial charge in [-0.1, -0.05) is 109 Å². The van der Waals surface area contributed by atoms with E-state index in [1.54, 1.807) is 0 Å². The van der Waals surface area contributed by atoms with E-state index in [-0.39, 0.29) is 0 Å². The molecule has 0 fully saturated rings. The summed E-state index contributed by atoms with van der Waals surface area (Å²) in [6, 6.07) is 52.7. The normalized spacial score (nSPS) is 13.7. The molecule has 0 amide bonds. The molecule has 49 heavy (non-hydrogen) atoms. The summed E-state index contributed by atoms with van der Waals surface area (Å²) < 4.78 is 15.2. The molecule has 230 valence electrons. The number of rotatable bonds is 2. The van der Waals surface area contributed by atoms with Crippen molar-refractivity contribution in [2.24, 2.45) is 0 Å². The van der Waals surface area contributed by atoms with Crippen molar-refractivity contribution in [2.75, 3.05) is 0 Å². The molecular weight excluding hydrogens is 732 g/mol. The molecule has 0 saturated carbocycles. The molecule has 0 radical (unpaired) electrons. The molecule has 10 aromatic rings. The summed E-state index contributed by atoms with van der Waals surface area (Å²) in [4.78, 5) is 0. The van der Waals surface area contributed by atoms with Crippen LogP contribution in [0.4, 0.5) is 0 Å². The van der Waals surface area contributed by atoms with Crippen LogP contribution in [0, 0.1) is 0 Å². The van der Waals surface area contributed by atoms with Gasteiger partial charge in [-0.05, 0) is 123 Å². The van der Waals surface area contributed by atoms with Gasteiger partial charge in [0.1, 0.15) is 22.3 Å². The van der Waals surface area contributed by atoms with E-state index in [0.29, 0.717) is 0 Å². The molecule has 0 bridgehead atoms. The van der Waals surface area contributed by atoms with Crippen LogP contribution in [0.2, 0.25) is 0 Å². The van der Waals surface area contributed by atoms with E-state index in [0.717, 1.165) is 52.8 Å². The van der Waals surface area contributed by atoms with Crippen molar-refractivity contribution in [3.8, 4) is 11.1 Å². The maximum Gasteiger partial charge on any atom is 0.150 e. The van der Waals surface area contributed by atoms with Gasteiger partial charge in [0, 0.05) is 21.5 Å². The van der Waals surface area contributed by atoms with E-state index in [1.807, 2.05) is 12.1 Å². The lowest BCUT2D eigenvalue weighted by Gasteiger charge is -2.34. The molecule has 2 nitrogen and oxygen atoms in total. The van der Waals surface area contributed by atoms with E-state index in [9.17, 15) is 0 Å². The van der Waals surface area contributed by atoms with Gasteiger partial charge in [0.2, 0.25) is 0 Å². The second-order valence-electron chi connectivity index (χ2n) is 13.0. The Hall–Kier alpha value is -5.16. The van der Waals surface area contributed by atoms with Crippen molar-refractivity contribution >= 4 is 97.3 Å². The molecule has 4 heteroatoms. The lowest BCUT2D eigenvalue weighted by atomic mass is 9.67. The third-order valence-electron chi connectivity index (χ3n) is 10.6. The van der Waals surface area contributed by atoms with Crippen molar-refractivity contribution < 1.29 is 8.83 Å². The number of halogens is 2. The number of para-hydroxylation sites is 2. The Kier molecular flexibility index (Phi) is 5.63. The first kappa shape index (κ1) is 27.8. The molecule has 0 unspecified atom stereocenters. The van der Waals surface area contributed by atoms with Crippen LogP contribution < -0.4 is 0 Å². The average Bonchev–Trinajstić information content (AvgIpc) is 3.81. The SMILES string of the molecule is Brc1cc2c(c3c1oc1ccccc13)-c1c(cc(Br)c3oc4ccccc4c13)C2(c1ccc2ccccc2c1)c1ccc2ccccc2c1. The van der Waals surface area contributed by atoms with Crippen LogP contribution in [0.25, 0.3) is 76.5 Å². The van der Waals surface area contributed by atoms with Gasteiger partial charge in [0.15, 0.2) is 0 Å². The fourth-order valence-electron chi connectivity index (χ4n) is 8.61. The van der Waals surface area contributed by atoms with E-state index in [4.69, 9.17) is 8.83 Å². The van der Waals surface area contributed by atoms with Gasteiger partial charge in [0.25, 0.3) is 0 Å². The van der Waals surface area contributed by atoms with Crippen LogP contribution in [0.1, 0.15) is 22.3 Å². The van der Waals surface area contributed by atoms with Crippen molar-refractivity contribution in [1.82, 2.24) is 0 Å². The van der Waals surface area contributed by atoms with E-state index < -0.39 is 5.41 Å². The molecule has 0 atom stereocenters. The number of hydrogen-bond donors (Lipinski definition) is 0. The molecule has 1 aliphatic rings. The Labute approximate surface area is 297 Å². The quantitative estimate of drug-likeness (QED) is 0.176. The van der Waals surface area contributed by atoms with Gasteiger partial charge in [-0.2, -0.15) is 0 Å². The summed E-state index contributed by atoms with van der Waals surface area (Å²) in [5, 5.41) is 9.25. The molecule has 0 saturated heterocycles. The molecule has 0 spiro atoms. The van der Waals surface area contributed by atoms with Crippen molar-refractivity contribution in [2.45, 2.75) is 5.41 Å². The molecule has 2 aromatic heterocycles. The molecule has 0 aliphatic heterocycles.